The van der Waals surface area contributed by atoms with Crippen LogP contribution in [0.25, 0.3) is 9.88 Å². The van der Waals surface area contributed by atoms with E-state index in [1.165, 1.54) is 35.4 Å². The number of halogens is 2. The fourth-order valence-electron chi connectivity index (χ4n) is 2.36. The molecule has 0 spiro atoms. The van der Waals surface area contributed by atoms with Crippen molar-refractivity contribution in [2.75, 3.05) is 13.7 Å². The number of carbonyl (C=O) groups is 2. The van der Waals surface area contributed by atoms with E-state index < -0.39 is 24.3 Å². The maximum Gasteiger partial charge on any atom is 0.312 e. The number of aromatic nitrogens is 1. The van der Waals surface area contributed by atoms with Gasteiger partial charge in [0, 0.05) is 29.6 Å². The third-order valence-corrected chi connectivity index (χ3v) is 6.13. The second-order valence-corrected chi connectivity index (χ2v) is 8.12. The molecular weight excluding hydrogens is 423 g/mol. The monoisotopic (exact) mass is 438 g/mol. The lowest BCUT2D eigenvalue weighted by atomic mass is 10.2. The summed E-state index contributed by atoms with van der Waals surface area (Å²) >= 11 is 8.99. The summed E-state index contributed by atoms with van der Waals surface area (Å²) in [4.78, 5) is 30.9. The Morgan fingerprint density at radius 3 is 2.79 bits per heavy atom. The van der Waals surface area contributed by atoms with Crippen molar-refractivity contribution in [1.29, 1.82) is 0 Å². The minimum Gasteiger partial charge on any atom is -0.455 e. The molecule has 146 valence electrons. The van der Waals surface area contributed by atoms with E-state index in [1.54, 1.807) is 22.8 Å². The Kier molecular flexibility index (Phi) is 6.77. The number of likely N-dealkylation sites (N-methyl/N-ethyl adjacent to an activating group) is 1. The average Bonchev–Trinajstić information content (AvgIpc) is 3.34. The number of thiazole rings is 1. The molecule has 28 heavy (non-hydrogen) atoms. The number of ether oxygens (including phenoxy) is 1. The van der Waals surface area contributed by atoms with Crippen molar-refractivity contribution in [2.45, 2.75) is 13.0 Å². The topological polar surface area (TPSA) is 59.5 Å². The van der Waals surface area contributed by atoms with Crippen molar-refractivity contribution in [1.82, 2.24) is 9.88 Å². The second kappa shape index (κ2) is 9.27. The molecule has 0 atom stereocenters. The summed E-state index contributed by atoms with van der Waals surface area (Å²) in [5, 5.41) is 4.84. The fraction of sp³-hybridized carbons (Fsp3) is 0.211. The van der Waals surface area contributed by atoms with Gasteiger partial charge in [0.05, 0.1) is 17.0 Å². The summed E-state index contributed by atoms with van der Waals surface area (Å²) in [7, 11) is 1.49. The standard InChI is InChI=1S/C19H16ClFN2O3S2/c1-23(9-13-14(20)4-2-5-15(13)21)17(24)10-26-18(25)8-12-11-28-19(22-12)16-6-3-7-27-16/h2-7,11H,8-10H2,1H3. The Morgan fingerprint density at radius 1 is 1.25 bits per heavy atom. The first-order valence-corrected chi connectivity index (χ1v) is 10.4. The van der Waals surface area contributed by atoms with Crippen LogP contribution in [0, 0.1) is 5.82 Å². The summed E-state index contributed by atoms with van der Waals surface area (Å²) in [6.45, 7) is -0.443. The van der Waals surface area contributed by atoms with Crippen molar-refractivity contribution in [3.8, 4) is 9.88 Å². The molecule has 5 nitrogen and oxygen atoms in total. The molecule has 0 aliphatic carbocycles. The lowest BCUT2D eigenvalue weighted by Gasteiger charge is -2.18. The maximum atomic E-state index is 13.8. The van der Waals surface area contributed by atoms with Crippen molar-refractivity contribution in [2.24, 2.45) is 0 Å². The van der Waals surface area contributed by atoms with Gasteiger partial charge in [-0.3, -0.25) is 9.59 Å². The van der Waals surface area contributed by atoms with Crippen LogP contribution in [0.5, 0.6) is 0 Å². The zero-order valence-corrected chi connectivity index (χ0v) is 17.2. The molecule has 0 saturated heterocycles. The fourth-order valence-corrected chi connectivity index (χ4v) is 4.22. The van der Waals surface area contributed by atoms with Gasteiger partial charge >= 0.3 is 5.97 Å². The molecule has 1 aromatic carbocycles. The molecule has 3 aromatic rings. The van der Waals surface area contributed by atoms with Gasteiger partial charge in [0.1, 0.15) is 10.8 Å². The summed E-state index contributed by atoms with van der Waals surface area (Å²) in [5.74, 6) is -1.49. The second-order valence-electron chi connectivity index (χ2n) is 5.91. The quantitative estimate of drug-likeness (QED) is 0.513. The Morgan fingerprint density at radius 2 is 2.07 bits per heavy atom. The van der Waals surface area contributed by atoms with Gasteiger partial charge in [-0.25, -0.2) is 9.37 Å². The SMILES string of the molecule is CN(Cc1c(F)cccc1Cl)C(=O)COC(=O)Cc1csc(-c2cccs2)n1. The number of amides is 1. The van der Waals surface area contributed by atoms with Crippen LogP contribution in [-0.4, -0.2) is 35.4 Å². The number of hydrogen-bond acceptors (Lipinski definition) is 6. The van der Waals surface area contributed by atoms with E-state index in [1.807, 2.05) is 17.5 Å². The first-order valence-electron chi connectivity index (χ1n) is 8.25. The van der Waals surface area contributed by atoms with Crippen LogP contribution < -0.4 is 0 Å². The molecule has 0 bridgehead atoms. The van der Waals surface area contributed by atoms with E-state index in [4.69, 9.17) is 16.3 Å². The maximum absolute atomic E-state index is 13.8. The first kappa shape index (κ1) is 20.4. The molecule has 0 aliphatic rings. The number of rotatable bonds is 7. The first-order chi connectivity index (χ1) is 13.4. The zero-order valence-electron chi connectivity index (χ0n) is 14.9. The molecule has 0 saturated carbocycles. The van der Waals surface area contributed by atoms with Crippen molar-refractivity contribution in [3.63, 3.8) is 0 Å². The van der Waals surface area contributed by atoms with Gasteiger partial charge in [0.15, 0.2) is 6.61 Å². The number of benzene rings is 1. The number of carbonyl (C=O) groups excluding carboxylic acids is 2. The van der Waals surface area contributed by atoms with Crippen LogP contribution in [0.15, 0.2) is 41.1 Å². The Bertz CT molecular complexity index is 955. The molecular formula is C19H16ClFN2O3S2. The zero-order chi connectivity index (χ0) is 20.1. The summed E-state index contributed by atoms with van der Waals surface area (Å²) in [5.41, 5.74) is 0.812. The average molecular weight is 439 g/mol. The molecule has 0 unspecified atom stereocenters. The lowest BCUT2D eigenvalue weighted by Crippen LogP contribution is -2.31. The molecule has 9 heteroatoms. The van der Waals surface area contributed by atoms with E-state index >= 15 is 0 Å². The van der Waals surface area contributed by atoms with Crippen molar-refractivity contribution in [3.05, 3.63) is 63.2 Å². The van der Waals surface area contributed by atoms with Crippen LogP contribution in [0.1, 0.15) is 11.3 Å². The number of thiophene rings is 1. The smallest absolute Gasteiger partial charge is 0.312 e. The molecule has 0 fully saturated rings. The summed E-state index contributed by atoms with van der Waals surface area (Å²) in [6.07, 6.45) is -0.0159. The van der Waals surface area contributed by atoms with E-state index in [2.05, 4.69) is 4.98 Å². The van der Waals surface area contributed by atoms with Crippen molar-refractivity contribution >= 4 is 46.2 Å². The van der Waals surface area contributed by atoms with E-state index in [-0.39, 0.29) is 23.6 Å². The van der Waals surface area contributed by atoms with Crippen LogP contribution in [-0.2, 0) is 27.3 Å². The molecule has 0 radical (unpaired) electrons. The third-order valence-electron chi connectivity index (χ3n) is 3.85. The Balaban J connectivity index is 1.49. The predicted octanol–water partition coefficient (Wildman–Crippen LogP) is 4.41. The van der Waals surface area contributed by atoms with E-state index in [0.717, 1.165) is 9.88 Å². The van der Waals surface area contributed by atoms with Crippen molar-refractivity contribution < 1.29 is 18.7 Å². The van der Waals surface area contributed by atoms with Gasteiger partial charge in [-0.05, 0) is 23.6 Å². The minimum absolute atomic E-state index is 0.0157. The van der Waals surface area contributed by atoms with Gasteiger partial charge in [-0.2, -0.15) is 0 Å². The van der Waals surface area contributed by atoms with Gasteiger partial charge in [-0.15, -0.1) is 22.7 Å². The lowest BCUT2D eigenvalue weighted by molar-refractivity contribution is -0.151. The molecule has 1 amide bonds. The van der Waals surface area contributed by atoms with Gasteiger partial charge in [-0.1, -0.05) is 23.7 Å². The third kappa shape index (κ3) is 5.15. The summed E-state index contributed by atoms with van der Waals surface area (Å²) in [6, 6.07) is 8.22. The van der Waals surface area contributed by atoms with Crippen LogP contribution in [0.3, 0.4) is 0 Å². The van der Waals surface area contributed by atoms with Crippen LogP contribution >= 0.6 is 34.3 Å². The van der Waals surface area contributed by atoms with Crippen LogP contribution in [0.2, 0.25) is 5.02 Å². The molecule has 3 rings (SSSR count). The number of esters is 1. The largest absolute Gasteiger partial charge is 0.455 e. The molecule has 2 heterocycles. The van der Waals surface area contributed by atoms with Gasteiger partial charge < -0.3 is 9.64 Å². The highest BCUT2D eigenvalue weighted by Crippen LogP contribution is 2.28. The van der Waals surface area contributed by atoms with Crippen LogP contribution in [0.4, 0.5) is 4.39 Å². The van der Waals surface area contributed by atoms with Gasteiger partial charge in [0.2, 0.25) is 0 Å². The highest BCUT2D eigenvalue weighted by atomic mass is 35.5. The predicted molar refractivity (Wildman–Crippen MR) is 108 cm³/mol. The Hall–Kier alpha value is -2.29. The van der Waals surface area contributed by atoms with Gasteiger partial charge in [0.25, 0.3) is 5.91 Å². The molecule has 2 aromatic heterocycles. The summed E-state index contributed by atoms with van der Waals surface area (Å²) < 4.78 is 18.9. The highest BCUT2D eigenvalue weighted by molar-refractivity contribution is 7.20. The Labute approximate surface area is 174 Å². The minimum atomic E-state index is -0.547. The molecule has 0 aliphatic heterocycles. The van der Waals surface area contributed by atoms with E-state index in [0.29, 0.717) is 5.69 Å². The molecule has 0 N–H and O–H groups in total. The number of hydrogen-bond donors (Lipinski definition) is 0. The highest BCUT2D eigenvalue weighted by Gasteiger charge is 2.17. The van der Waals surface area contributed by atoms with E-state index in [9.17, 15) is 14.0 Å². The number of nitrogens with zero attached hydrogens (tertiary/aromatic N) is 2. The normalized spacial score (nSPS) is 10.7.